The second-order valence-corrected chi connectivity index (χ2v) is 8.99. The number of alkyl carbamates (subject to hydrolysis) is 1. The molecule has 0 bridgehead atoms. The van der Waals surface area contributed by atoms with Gasteiger partial charge in [0.25, 0.3) is 0 Å². The largest absolute Gasteiger partial charge is 0.444 e. The van der Waals surface area contributed by atoms with Gasteiger partial charge in [0.15, 0.2) is 0 Å². The molecule has 0 unspecified atom stereocenters. The Morgan fingerprint density at radius 3 is 2.38 bits per heavy atom. The SMILES string of the molecule is CC(C)(C)OC(=O)NCCc1ccc([B]OC(C)(C)C(C)(C)O)s1. The Balaban J connectivity index is 2.40. The number of aliphatic hydroxyl groups is 1. The van der Waals surface area contributed by atoms with Gasteiger partial charge in [-0.25, -0.2) is 4.79 Å². The van der Waals surface area contributed by atoms with Crippen molar-refractivity contribution in [2.75, 3.05) is 6.54 Å². The van der Waals surface area contributed by atoms with Gasteiger partial charge >= 0.3 is 13.6 Å². The number of ether oxygens (including phenoxy) is 1. The average Bonchev–Trinajstić information content (AvgIpc) is 2.81. The van der Waals surface area contributed by atoms with Gasteiger partial charge in [-0.1, -0.05) is 6.07 Å². The molecule has 1 amide bonds. The average molecular weight is 354 g/mol. The molecule has 5 nitrogen and oxygen atoms in total. The van der Waals surface area contributed by atoms with Gasteiger partial charge in [0.05, 0.1) is 11.2 Å². The summed E-state index contributed by atoms with van der Waals surface area (Å²) in [5.74, 6) is 0. The van der Waals surface area contributed by atoms with Crippen LogP contribution in [0.1, 0.15) is 53.3 Å². The lowest BCUT2D eigenvalue weighted by Crippen LogP contribution is -2.49. The van der Waals surface area contributed by atoms with Crippen molar-refractivity contribution in [3.8, 4) is 0 Å². The molecule has 1 radical (unpaired) electrons. The molecule has 1 rings (SSSR count). The molecule has 0 aliphatic heterocycles. The second kappa shape index (κ2) is 7.89. The molecule has 2 N–H and O–H groups in total. The predicted octanol–water partition coefficient (Wildman–Crippen LogP) is 2.63. The lowest BCUT2D eigenvalue weighted by Gasteiger charge is -2.37. The summed E-state index contributed by atoms with van der Waals surface area (Å²) in [5.41, 5.74) is -2.11. The minimum atomic E-state index is -0.944. The maximum absolute atomic E-state index is 11.6. The normalized spacial score (nSPS) is 12.8. The third-order valence-electron chi connectivity index (χ3n) is 3.67. The van der Waals surface area contributed by atoms with Crippen LogP contribution in [0.15, 0.2) is 12.1 Å². The van der Waals surface area contributed by atoms with E-state index in [0.29, 0.717) is 6.54 Å². The van der Waals surface area contributed by atoms with E-state index in [9.17, 15) is 9.90 Å². The van der Waals surface area contributed by atoms with E-state index in [1.807, 2.05) is 46.8 Å². The fourth-order valence-electron chi connectivity index (χ4n) is 1.54. The Morgan fingerprint density at radius 1 is 1.21 bits per heavy atom. The van der Waals surface area contributed by atoms with Gasteiger partial charge in [-0.15, -0.1) is 0 Å². The zero-order chi connectivity index (χ0) is 18.6. The van der Waals surface area contributed by atoms with Crippen molar-refractivity contribution in [3.05, 3.63) is 17.0 Å². The van der Waals surface area contributed by atoms with Crippen LogP contribution in [0.5, 0.6) is 0 Å². The fourth-order valence-corrected chi connectivity index (χ4v) is 2.42. The number of rotatable bonds is 7. The summed E-state index contributed by atoms with van der Waals surface area (Å²) in [5, 5.41) is 12.8. The molecule has 0 aliphatic carbocycles. The molecule has 0 saturated heterocycles. The Morgan fingerprint density at radius 2 is 1.83 bits per heavy atom. The molecule has 1 aromatic heterocycles. The topological polar surface area (TPSA) is 67.8 Å². The van der Waals surface area contributed by atoms with Gasteiger partial charge in [-0.3, -0.25) is 0 Å². The van der Waals surface area contributed by atoms with Crippen molar-refractivity contribution in [2.24, 2.45) is 0 Å². The molecule has 1 heterocycles. The van der Waals surface area contributed by atoms with Gasteiger partial charge in [0.1, 0.15) is 5.60 Å². The summed E-state index contributed by atoms with van der Waals surface area (Å²) in [4.78, 5) is 12.7. The standard InChI is InChI=1S/C17H29BNO4S/c1-15(2,3)22-14(20)19-11-10-12-8-9-13(24-12)18-23-17(6,7)16(4,5)21/h8-9,21H,10-11H2,1-7H3,(H,19,20). The van der Waals surface area contributed by atoms with E-state index in [2.05, 4.69) is 5.32 Å². The highest BCUT2D eigenvalue weighted by Gasteiger charge is 2.35. The Labute approximate surface area is 150 Å². The Hall–Kier alpha value is -1.05. The zero-order valence-electron chi connectivity index (χ0n) is 15.7. The van der Waals surface area contributed by atoms with Crippen LogP contribution in [0.25, 0.3) is 0 Å². The number of amides is 1. The number of carbonyl (C=O) groups is 1. The van der Waals surface area contributed by atoms with Crippen molar-refractivity contribution in [3.63, 3.8) is 0 Å². The highest BCUT2D eigenvalue weighted by Crippen LogP contribution is 2.24. The summed E-state index contributed by atoms with van der Waals surface area (Å²) in [6.07, 6.45) is 0.327. The first-order valence-corrected chi connectivity index (χ1v) is 8.91. The van der Waals surface area contributed by atoms with Crippen LogP contribution in [0.2, 0.25) is 0 Å². The molecule has 1 aromatic rings. The van der Waals surface area contributed by atoms with Crippen molar-refractivity contribution in [1.29, 1.82) is 0 Å². The van der Waals surface area contributed by atoms with Gasteiger partial charge in [0, 0.05) is 11.4 Å². The number of carbonyl (C=O) groups excluding carboxylic acids is 1. The highest BCUT2D eigenvalue weighted by atomic mass is 32.1. The third-order valence-corrected chi connectivity index (χ3v) is 4.74. The number of hydrogen-bond acceptors (Lipinski definition) is 5. The van der Waals surface area contributed by atoms with Crippen LogP contribution in [0.3, 0.4) is 0 Å². The minimum absolute atomic E-state index is 0.402. The first-order valence-electron chi connectivity index (χ1n) is 8.09. The van der Waals surface area contributed by atoms with E-state index < -0.39 is 22.9 Å². The first kappa shape index (κ1) is 21.0. The Bertz CT molecular complexity index is 544. The first-order chi connectivity index (χ1) is 10.8. The quantitative estimate of drug-likeness (QED) is 0.739. The van der Waals surface area contributed by atoms with Gasteiger partial charge in [-0.05, 0) is 65.7 Å². The van der Waals surface area contributed by atoms with Gasteiger partial charge < -0.3 is 19.8 Å². The van der Waals surface area contributed by atoms with E-state index in [1.165, 1.54) is 0 Å². The summed E-state index contributed by atoms with van der Waals surface area (Å²) in [7, 11) is 1.67. The van der Waals surface area contributed by atoms with E-state index in [1.54, 1.807) is 32.7 Å². The lowest BCUT2D eigenvalue weighted by molar-refractivity contribution is -0.0892. The minimum Gasteiger partial charge on any atom is -0.444 e. The number of thiophene rings is 1. The van der Waals surface area contributed by atoms with Crippen LogP contribution < -0.4 is 10.1 Å². The maximum Gasteiger partial charge on any atom is 0.407 e. The Kier molecular flexibility index (Phi) is 6.90. The molecule has 135 valence electrons. The smallest absolute Gasteiger partial charge is 0.407 e. The van der Waals surface area contributed by atoms with E-state index in [0.717, 1.165) is 16.1 Å². The molecule has 0 spiro atoms. The molecule has 0 aromatic carbocycles. The van der Waals surface area contributed by atoms with Crippen molar-refractivity contribution in [1.82, 2.24) is 5.32 Å². The van der Waals surface area contributed by atoms with E-state index >= 15 is 0 Å². The van der Waals surface area contributed by atoms with E-state index in [4.69, 9.17) is 9.39 Å². The molecular weight excluding hydrogens is 325 g/mol. The highest BCUT2D eigenvalue weighted by molar-refractivity contribution is 7.21. The predicted molar refractivity (Wildman–Crippen MR) is 99.1 cm³/mol. The summed E-state index contributed by atoms with van der Waals surface area (Å²) < 4.78 is 11.9. The van der Waals surface area contributed by atoms with Crippen molar-refractivity contribution >= 4 is 29.7 Å². The second-order valence-electron chi connectivity index (χ2n) is 7.79. The van der Waals surface area contributed by atoms with Crippen LogP contribution in [-0.2, 0) is 15.8 Å². The molecule has 0 atom stereocenters. The van der Waals surface area contributed by atoms with Crippen molar-refractivity contribution < 1.29 is 19.3 Å². The van der Waals surface area contributed by atoms with Gasteiger partial charge in [0.2, 0.25) is 0 Å². The molecule has 0 fully saturated rings. The maximum atomic E-state index is 11.6. The van der Waals surface area contributed by atoms with E-state index in [-0.39, 0.29) is 0 Å². The fraction of sp³-hybridized carbons (Fsp3) is 0.706. The molecule has 24 heavy (non-hydrogen) atoms. The summed E-state index contributed by atoms with van der Waals surface area (Å²) in [6, 6.07) is 3.97. The van der Waals surface area contributed by atoms with Gasteiger partial charge in [-0.2, -0.15) is 11.3 Å². The summed E-state index contributed by atoms with van der Waals surface area (Å²) in [6.45, 7) is 13.2. The number of nitrogens with one attached hydrogen (secondary N) is 1. The van der Waals surface area contributed by atoms with Crippen LogP contribution in [0, 0.1) is 0 Å². The lowest BCUT2D eigenvalue weighted by atomic mass is 9.86. The monoisotopic (exact) mass is 354 g/mol. The molecule has 0 saturated carbocycles. The van der Waals surface area contributed by atoms with Crippen LogP contribution in [0.4, 0.5) is 4.79 Å². The number of hydrogen-bond donors (Lipinski definition) is 2. The molecular formula is C17H29BNO4S. The zero-order valence-corrected chi connectivity index (χ0v) is 16.5. The van der Waals surface area contributed by atoms with Crippen molar-refractivity contribution in [2.45, 2.75) is 71.7 Å². The molecule has 7 heteroatoms. The van der Waals surface area contributed by atoms with Crippen LogP contribution >= 0.6 is 11.3 Å². The third kappa shape index (κ3) is 7.24. The summed E-state index contributed by atoms with van der Waals surface area (Å²) >= 11 is 1.59. The van der Waals surface area contributed by atoms with Crippen LogP contribution in [-0.4, -0.2) is 42.0 Å². The molecule has 0 aliphatic rings.